The zero-order valence-electron chi connectivity index (χ0n) is 12.6. The van der Waals surface area contributed by atoms with Crippen molar-refractivity contribution >= 4 is 35.6 Å². The van der Waals surface area contributed by atoms with Crippen molar-refractivity contribution < 1.29 is 9.26 Å². The number of halogens is 3. The highest BCUT2D eigenvalue weighted by atomic mass is 35.5. The SMILES string of the molecule is CC(Oc1cc(Cl)cc(Cl)c1)c1nc(C2(N)CCCC2)no1.Cl. The minimum absolute atomic E-state index is 0. The van der Waals surface area contributed by atoms with Gasteiger partial charge < -0.3 is 15.0 Å². The minimum Gasteiger partial charge on any atom is -0.481 e. The van der Waals surface area contributed by atoms with E-state index in [1.807, 2.05) is 6.92 Å². The summed E-state index contributed by atoms with van der Waals surface area (Å²) >= 11 is 11.9. The highest BCUT2D eigenvalue weighted by Gasteiger charge is 2.36. The van der Waals surface area contributed by atoms with Gasteiger partial charge in [0, 0.05) is 10.0 Å². The molecule has 1 unspecified atom stereocenters. The normalized spacial score (nSPS) is 17.6. The van der Waals surface area contributed by atoms with Gasteiger partial charge in [-0.2, -0.15) is 4.98 Å². The minimum atomic E-state index is -0.471. The van der Waals surface area contributed by atoms with E-state index in [0.29, 0.717) is 27.5 Å². The van der Waals surface area contributed by atoms with Crippen LogP contribution in [0, 0.1) is 0 Å². The second-order valence-corrected chi connectivity index (χ2v) is 6.56. The molecule has 1 aromatic heterocycles. The van der Waals surface area contributed by atoms with Gasteiger partial charge in [0.1, 0.15) is 5.75 Å². The lowest BCUT2D eigenvalue weighted by Gasteiger charge is -2.18. The van der Waals surface area contributed by atoms with Crippen molar-refractivity contribution in [2.75, 3.05) is 0 Å². The molecule has 2 aromatic rings. The van der Waals surface area contributed by atoms with E-state index in [4.69, 9.17) is 38.2 Å². The Labute approximate surface area is 150 Å². The Bertz CT molecular complexity index is 651. The number of aromatic nitrogens is 2. The van der Waals surface area contributed by atoms with E-state index >= 15 is 0 Å². The molecule has 3 rings (SSSR count). The first-order chi connectivity index (χ1) is 10.5. The first-order valence-corrected chi connectivity index (χ1v) is 7.98. The van der Waals surface area contributed by atoms with Crippen molar-refractivity contribution in [2.45, 2.75) is 44.2 Å². The molecule has 1 atom stereocenters. The Morgan fingerprint density at radius 3 is 2.43 bits per heavy atom. The van der Waals surface area contributed by atoms with Crippen molar-refractivity contribution in [3.8, 4) is 5.75 Å². The maximum atomic E-state index is 6.33. The van der Waals surface area contributed by atoms with Crippen LogP contribution in [0.3, 0.4) is 0 Å². The van der Waals surface area contributed by atoms with Crippen molar-refractivity contribution in [3.63, 3.8) is 0 Å². The molecule has 23 heavy (non-hydrogen) atoms. The Kier molecular flexibility index (Phi) is 5.79. The van der Waals surface area contributed by atoms with Gasteiger partial charge in [-0.1, -0.05) is 41.2 Å². The van der Waals surface area contributed by atoms with Crippen LogP contribution in [0.5, 0.6) is 5.75 Å². The van der Waals surface area contributed by atoms with Gasteiger partial charge in [0.05, 0.1) is 5.54 Å². The van der Waals surface area contributed by atoms with Gasteiger partial charge in [0.15, 0.2) is 11.9 Å². The maximum absolute atomic E-state index is 6.33. The predicted octanol–water partition coefficient (Wildman–Crippen LogP) is 4.67. The van der Waals surface area contributed by atoms with Crippen LogP contribution in [0.1, 0.15) is 50.4 Å². The monoisotopic (exact) mass is 377 g/mol. The average molecular weight is 379 g/mol. The first-order valence-electron chi connectivity index (χ1n) is 7.22. The molecule has 0 amide bonds. The number of nitrogens with two attached hydrogens (primary N) is 1. The number of benzene rings is 1. The van der Waals surface area contributed by atoms with E-state index in [1.54, 1.807) is 18.2 Å². The van der Waals surface area contributed by atoms with Crippen LogP contribution in [-0.4, -0.2) is 10.1 Å². The fraction of sp³-hybridized carbons (Fsp3) is 0.467. The van der Waals surface area contributed by atoms with Crippen LogP contribution >= 0.6 is 35.6 Å². The van der Waals surface area contributed by atoms with Crippen LogP contribution in [0.4, 0.5) is 0 Å². The third-order valence-corrected chi connectivity index (χ3v) is 4.32. The van der Waals surface area contributed by atoms with E-state index in [9.17, 15) is 0 Å². The molecule has 0 spiro atoms. The lowest BCUT2D eigenvalue weighted by atomic mass is 9.99. The smallest absolute Gasteiger partial charge is 0.267 e. The summed E-state index contributed by atoms with van der Waals surface area (Å²) < 4.78 is 11.1. The quantitative estimate of drug-likeness (QED) is 0.837. The van der Waals surface area contributed by atoms with Gasteiger partial charge in [-0.25, -0.2) is 0 Å². The van der Waals surface area contributed by atoms with Crippen molar-refractivity contribution in [3.05, 3.63) is 40.0 Å². The van der Waals surface area contributed by atoms with Crippen LogP contribution in [-0.2, 0) is 5.54 Å². The van der Waals surface area contributed by atoms with Crippen LogP contribution in [0.2, 0.25) is 10.0 Å². The standard InChI is InChI=1S/C15H17Cl2N3O2.ClH/c1-9(21-12-7-10(16)6-11(17)8-12)13-19-14(20-22-13)15(18)4-2-3-5-15;/h6-9H,2-5,18H2,1H3;1H. The second kappa shape index (κ2) is 7.26. The van der Waals surface area contributed by atoms with Gasteiger partial charge in [0.2, 0.25) is 0 Å². The third kappa shape index (κ3) is 4.10. The molecule has 0 radical (unpaired) electrons. The zero-order valence-corrected chi connectivity index (χ0v) is 14.9. The van der Waals surface area contributed by atoms with Crippen LogP contribution in [0.15, 0.2) is 22.7 Å². The molecule has 1 aliphatic carbocycles. The van der Waals surface area contributed by atoms with E-state index in [1.165, 1.54) is 0 Å². The Morgan fingerprint density at radius 2 is 1.83 bits per heavy atom. The third-order valence-electron chi connectivity index (χ3n) is 3.88. The van der Waals surface area contributed by atoms with Crippen molar-refractivity contribution in [1.82, 2.24) is 10.1 Å². The lowest BCUT2D eigenvalue weighted by Crippen LogP contribution is -2.34. The molecule has 1 heterocycles. The summed E-state index contributed by atoms with van der Waals surface area (Å²) in [7, 11) is 0. The zero-order chi connectivity index (χ0) is 15.7. The summed E-state index contributed by atoms with van der Waals surface area (Å²) in [6, 6.07) is 5.01. The molecule has 0 bridgehead atoms. The molecule has 5 nitrogen and oxygen atoms in total. The molecular formula is C15H18Cl3N3O2. The lowest BCUT2D eigenvalue weighted by molar-refractivity contribution is 0.175. The molecule has 2 N–H and O–H groups in total. The molecule has 126 valence electrons. The van der Waals surface area contributed by atoms with Crippen molar-refractivity contribution in [2.24, 2.45) is 5.73 Å². The number of ether oxygens (including phenoxy) is 1. The van der Waals surface area contributed by atoms with E-state index < -0.39 is 11.6 Å². The molecule has 8 heteroatoms. The van der Waals surface area contributed by atoms with Gasteiger partial charge in [-0.3, -0.25) is 0 Å². The number of hydrogen-bond donors (Lipinski definition) is 1. The second-order valence-electron chi connectivity index (χ2n) is 5.68. The molecule has 0 saturated heterocycles. The van der Waals surface area contributed by atoms with Gasteiger partial charge >= 0.3 is 0 Å². The molecule has 1 aliphatic rings. The van der Waals surface area contributed by atoms with E-state index in [2.05, 4.69) is 10.1 Å². The van der Waals surface area contributed by atoms with Gasteiger partial charge in [-0.15, -0.1) is 12.4 Å². The first kappa shape index (κ1) is 18.3. The highest BCUT2D eigenvalue weighted by Crippen LogP contribution is 2.35. The van der Waals surface area contributed by atoms with E-state index in [-0.39, 0.29) is 12.4 Å². The van der Waals surface area contributed by atoms with E-state index in [0.717, 1.165) is 25.7 Å². The largest absolute Gasteiger partial charge is 0.481 e. The highest BCUT2D eigenvalue weighted by molar-refractivity contribution is 6.34. The molecule has 1 aromatic carbocycles. The average Bonchev–Trinajstić information content (AvgIpc) is 3.06. The van der Waals surface area contributed by atoms with Crippen LogP contribution in [0.25, 0.3) is 0 Å². The Morgan fingerprint density at radius 1 is 1.22 bits per heavy atom. The number of rotatable bonds is 4. The fourth-order valence-corrected chi connectivity index (χ4v) is 3.19. The molecule has 0 aliphatic heterocycles. The molecule has 1 fully saturated rings. The maximum Gasteiger partial charge on any atom is 0.267 e. The van der Waals surface area contributed by atoms with Gasteiger partial charge in [-0.05, 0) is 38.0 Å². The summed E-state index contributed by atoms with van der Waals surface area (Å²) in [5.74, 6) is 1.50. The summed E-state index contributed by atoms with van der Waals surface area (Å²) in [6.45, 7) is 1.82. The Balaban J connectivity index is 0.00000192. The predicted molar refractivity (Wildman–Crippen MR) is 91.4 cm³/mol. The molecule has 1 saturated carbocycles. The van der Waals surface area contributed by atoms with Crippen molar-refractivity contribution in [1.29, 1.82) is 0 Å². The summed E-state index contributed by atoms with van der Waals surface area (Å²) in [5.41, 5.74) is 5.85. The summed E-state index contributed by atoms with van der Waals surface area (Å²) in [5, 5.41) is 5.04. The Hall–Kier alpha value is -1.01. The summed E-state index contributed by atoms with van der Waals surface area (Å²) in [4.78, 5) is 4.41. The van der Waals surface area contributed by atoms with Gasteiger partial charge in [0.25, 0.3) is 5.89 Å². The number of nitrogens with zero attached hydrogens (tertiary/aromatic N) is 2. The number of hydrogen-bond acceptors (Lipinski definition) is 5. The fourth-order valence-electron chi connectivity index (χ4n) is 2.68. The topological polar surface area (TPSA) is 74.2 Å². The summed E-state index contributed by atoms with van der Waals surface area (Å²) in [6.07, 6.45) is 3.53. The molecular weight excluding hydrogens is 361 g/mol. The van der Waals surface area contributed by atoms with Crippen LogP contribution < -0.4 is 10.5 Å².